The minimum absolute atomic E-state index is 0.354. The zero-order valence-corrected chi connectivity index (χ0v) is 13.6. The van der Waals surface area contributed by atoms with Gasteiger partial charge >= 0.3 is 0 Å². The Balaban J connectivity index is 2.34. The van der Waals surface area contributed by atoms with Gasteiger partial charge in [0.15, 0.2) is 0 Å². The summed E-state index contributed by atoms with van der Waals surface area (Å²) >= 11 is 0. The van der Waals surface area contributed by atoms with Crippen molar-refractivity contribution in [3.05, 3.63) is 46.8 Å². The number of hydrogen-bond acceptors (Lipinski definition) is 4. The summed E-state index contributed by atoms with van der Waals surface area (Å²) in [6.07, 6.45) is 1.75. The van der Waals surface area contributed by atoms with Crippen LogP contribution in [-0.4, -0.2) is 16.3 Å². The van der Waals surface area contributed by atoms with Gasteiger partial charge in [-0.15, -0.1) is 0 Å². The highest BCUT2D eigenvalue weighted by Gasteiger charge is 2.14. The molecule has 21 heavy (non-hydrogen) atoms. The molecule has 2 aromatic rings. The standard InChI is InChI=1S/C16H20N2O2S/c1-10-5-6-13(17)7-15(10)21(19)9-14-12(3)16(20-4)11(2)8-18-14/h5-8H,9,17H2,1-4H3. The van der Waals surface area contributed by atoms with Crippen LogP contribution in [0, 0.1) is 20.8 Å². The maximum Gasteiger partial charge on any atom is 0.128 e. The van der Waals surface area contributed by atoms with Gasteiger partial charge in [-0.05, 0) is 38.5 Å². The highest BCUT2D eigenvalue weighted by Crippen LogP contribution is 2.26. The first kappa shape index (κ1) is 15.5. The van der Waals surface area contributed by atoms with Gasteiger partial charge in [-0.1, -0.05) is 6.07 Å². The molecule has 1 aromatic heterocycles. The van der Waals surface area contributed by atoms with Crippen LogP contribution in [0.5, 0.6) is 5.75 Å². The summed E-state index contributed by atoms with van der Waals surface area (Å²) in [6, 6.07) is 5.47. The molecule has 0 bridgehead atoms. The summed E-state index contributed by atoms with van der Waals surface area (Å²) in [5.41, 5.74) is 10.1. The van der Waals surface area contributed by atoms with E-state index in [1.54, 1.807) is 19.4 Å². The quantitative estimate of drug-likeness (QED) is 0.882. The first-order valence-corrected chi connectivity index (χ1v) is 7.99. The van der Waals surface area contributed by atoms with Crippen LogP contribution in [0.3, 0.4) is 0 Å². The minimum Gasteiger partial charge on any atom is -0.496 e. The van der Waals surface area contributed by atoms with E-state index < -0.39 is 10.8 Å². The summed E-state index contributed by atoms with van der Waals surface area (Å²) < 4.78 is 18.0. The van der Waals surface area contributed by atoms with Crippen molar-refractivity contribution in [3.63, 3.8) is 0 Å². The second-order valence-corrected chi connectivity index (χ2v) is 6.48. The Morgan fingerprint density at radius 2 is 1.95 bits per heavy atom. The Bertz CT molecular complexity index is 699. The number of anilines is 1. The zero-order chi connectivity index (χ0) is 15.6. The maximum absolute atomic E-state index is 12.6. The van der Waals surface area contributed by atoms with Crippen LogP contribution in [0.4, 0.5) is 5.69 Å². The molecule has 0 radical (unpaired) electrons. The number of pyridine rings is 1. The molecule has 0 aliphatic rings. The fourth-order valence-electron chi connectivity index (χ4n) is 2.28. The van der Waals surface area contributed by atoms with E-state index in [9.17, 15) is 4.21 Å². The number of benzene rings is 1. The molecule has 0 aliphatic carbocycles. The molecule has 0 fully saturated rings. The number of rotatable bonds is 4. The molecular formula is C16H20N2O2S. The SMILES string of the molecule is COc1c(C)cnc(CS(=O)c2cc(N)ccc2C)c1C. The summed E-state index contributed by atoms with van der Waals surface area (Å²) in [5.74, 6) is 1.16. The summed E-state index contributed by atoms with van der Waals surface area (Å²) in [7, 11) is 0.456. The van der Waals surface area contributed by atoms with E-state index in [1.165, 1.54) is 0 Å². The van der Waals surface area contributed by atoms with Gasteiger partial charge in [-0.2, -0.15) is 0 Å². The van der Waals surface area contributed by atoms with Crippen LogP contribution in [-0.2, 0) is 16.6 Å². The average Bonchev–Trinajstić information content (AvgIpc) is 2.45. The van der Waals surface area contributed by atoms with Crippen molar-refractivity contribution >= 4 is 16.5 Å². The molecule has 5 heteroatoms. The number of aromatic nitrogens is 1. The van der Waals surface area contributed by atoms with Crippen molar-refractivity contribution < 1.29 is 8.95 Å². The molecule has 4 nitrogen and oxygen atoms in total. The molecular weight excluding hydrogens is 284 g/mol. The molecule has 1 atom stereocenters. The van der Waals surface area contributed by atoms with Gasteiger partial charge in [-0.3, -0.25) is 9.19 Å². The monoisotopic (exact) mass is 304 g/mol. The Kier molecular flexibility index (Phi) is 4.63. The second-order valence-electron chi connectivity index (χ2n) is 5.06. The summed E-state index contributed by atoms with van der Waals surface area (Å²) in [4.78, 5) is 5.16. The van der Waals surface area contributed by atoms with Crippen molar-refractivity contribution in [3.8, 4) is 5.75 Å². The topological polar surface area (TPSA) is 65.2 Å². The largest absolute Gasteiger partial charge is 0.496 e. The maximum atomic E-state index is 12.6. The first-order chi connectivity index (χ1) is 9.93. The Hall–Kier alpha value is -1.88. The molecule has 112 valence electrons. The first-order valence-electron chi connectivity index (χ1n) is 6.67. The smallest absolute Gasteiger partial charge is 0.128 e. The molecule has 0 amide bonds. The number of hydrogen-bond donors (Lipinski definition) is 1. The van der Waals surface area contributed by atoms with Gasteiger partial charge in [0.2, 0.25) is 0 Å². The van der Waals surface area contributed by atoms with E-state index in [0.717, 1.165) is 33.0 Å². The van der Waals surface area contributed by atoms with Crippen molar-refractivity contribution in [1.29, 1.82) is 0 Å². The van der Waals surface area contributed by atoms with E-state index in [2.05, 4.69) is 4.98 Å². The lowest BCUT2D eigenvalue weighted by Gasteiger charge is -2.13. The lowest BCUT2D eigenvalue weighted by molar-refractivity contribution is 0.407. The van der Waals surface area contributed by atoms with Crippen molar-refractivity contribution in [2.24, 2.45) is 0 Å². The van der Waals surface area contributed by atoms with Crippen LogP contribution in [0.1, 0.15) is 22.4 Å². The van der Waals surface area contributed by atoms with Gasteiger partial charge in [0.05, 0.1) is 29.4 Å². The minimum atomic E-state index is -1.18. The van der Waals surface area contributed by atoms with Crippen molar-refractivity contribution in [2.75, 3.05) is 12.8 Å². The fraction of sp³-hybridized carbons (Fsp3) is 0.312. The second kappa shape index (κ2) is 6.26. The van der Waals surface area contributed by atoms with Crippen LogP contribution >= 0.6 is 0 Å². The van der Waals surface area contributed by atoms with Gasteiger partial charge in [0.25, 0.3) is 0 Å². The highest BCUT2D eigenvalue weighted by molar-refractivity contribution is 7.84. The predicted octanol–water partition coefficient (Wildman–Crippen LogP) is 2.91. The van der Waals surface area contributed by atoms with Gasteiger partial charge in [0.1, 0.15) is 5.75 Å². The normalized spacial score (nSPS) is 12.2. The fourth-order valence-corrected chi connectivity index (χ4v) is 3.67. The molecule has 0 saturated carbocycles. The molecule has 1 heterocycles. The van der Waals surface area contributed by atoms with Gasteiger partial charge in [-0.25, -0.2) is 0 Å². The van der Waals surface area contributed by atoms with E-state index >= 15 is 0 Å². The Morgan fingerprint density at radius 1 is 1.24 bits per heavy atom. The number of nitrogen functional groups attached to an aromatic ring is 1. The molecule has 2 rings (SSSR count). The van der Waals surface area contributed by atoms with Gasteiger partial charge < -0.3 is 10.5 Å². The van der Waals surface area contributed by atoms with E-state index in [-0.39, 0.29) is 0 Å². The summed E-state index contributed by atoms with van der Waals surface area (Å²) in [6.45, 7) is 5.82. The third kappa shape index (κ3) is 3.24. The lowest BCUT2D eigenvalue weighted by atomic mass is 10.1. The Morgan fingerprint density at radius 3 is 2.62 bits per heavy atom. The molecule has 0 saturated heterocycles. The molecule has 2 N–H and O–H groups in total. The zero-order valence-electron chi connectivity index (χ0n) is 12.8. The average molecular weight is 304 g/mol. The molecule has 1 aromatic carbocycles. The van der Waals surface area contributed by atoms with Crippen LogP contribution in [0.15, 0.2) is 29.3 Å². The van der Waals surface area contributed by atoms with Gasteiger partial charge in [0, 0.05) is 27.9 Å². The predicted molar refractivity (Wildman–Crippen MR) is 86.0 cm³/mol. The lowest BCUT2D eigenvalue weighted by Crippen LogP contribution is -2.05. The Labute approximate surface area is 127 Å². The molecule has 0 aliphatic heterocycles. The number of methoxy groups -OCH3 is 1. The van der Waals surface area contributed by atoms with E-state index in [4.69, 9.17) is 10.5 Å². The van der Waals surface area contributed by atoms with Crippen molar-refractivity contribution in [1.82, 2.24) is 4.98 Å². The molecule has 1 unspecified atom stereocenters. The van der Waals surface area contributed by atoms with E-state index in [1.807, 2.05) is 32.9 Å². The third-order valence-corrected chi connectivity index (χ3v) is 4.94. The highest BCUT2D eigenvalue weighted by atomic mass is 32.2. The van der Waals surface area contributed by atoms with E-state index in [0.29, 0.717) is 11.4 Å². The van der Waals surface area contributed by atoms with Crippen LogP contribution in [0.2, 0.25) is 0 Å². The van der Waals surface area contributed by atoms with Crippen LogP contribution < -0.4 is 10.5 Å². The number of aryl methyl sites for hydroxylation is 2. The van der Waals surface area contributed by atoms with Crippen molar-refractivity contribution in [2.45, 2.75) is 31.4 Å². The number of ether oxygens (including phenoxy) is 1. The van der Waals surface area contributed by atoms with Crippen LogP contribution in [0.25, 0.3) is 0 Å². The summed E-state index contributed by atoms with van der Waals surface area (Å²) in [5, 5.41) is 0. The number of nitrogens with zero attached hydrogens (tertiary/aromatic N) is 1. The number of nitrogens with two attached hydrogens (primary N) is 1. The molecule has 0 spiro atoms. The third-order valence-electron chi connectivity index (χ3n) is 3.48.